The molecule has 4 heterocycles. The number of carbonyl (C=O) groups is 11. The number of primary amides is 4. The van der Waals surface area contributed by atoms with E-state index in [-0.39, 0.29) is 156 Å². The first-order valence-corrected chi connectivity index (χ1v) is 36.9. The number of hydrogen-bond acceptors (Lipinski definition) is 23. The number of carbonyl (C=O) groups excluding carboxylic acids is 10. The fraction of sp³-hybridized carbons (Fsp3) is 0.375. The zero-order valence-corrected chi connectivity index (χ0v) is 69.1. The number of nitro benzene ring substituents is 1. The van der Waals surface area contributed by atoms with E-state index in [0.29, 0.717) is 80.3 Å². The van der Waals surface area contributed by atoms with Crippen LogP contribution in [0.25, 0.3) is 43.6 Å². The second kappa shape index (κ2) is 44.1. The molecule has 620 valence electrons. The molecule has 0 radical (unpaired) electrons. The van der Waals surface area contributed by atoms with Crippen molar-refractivity contribution in [2.45, 2.75) is 164 Å². The Morgan fingerprint density at radius 1 is 0.605 bits per heavy atom. The zero-order chi connectivity index (χ0) is 82.1. The summed E-state index contributed by atoms with van der Waals surface area (Å²) in [5.74, 6) is -4.73. The van der Waals surface area contributed by atoms with Crippen molar-refractivity contribution < 1.29 is 138 Å². The maximum absolute atomic E-state index is 13.8. The van der Waals surface area contributed by atoms with Gasteiger partial charge < -0.3 is 69.4 Å². The Labute approximate surface area is 687 Å². The quantitative estimate of drug-likeness (QED) is 0.0167. The monoisotopic (exact) mass is 1720 g/mol. The van der Waals surface area contributed by atoms with Gasteiger partial charge in [0.2, 0.25) is 0 Å². The molecule has 5 aromatic carbocycles. The van der Waals surface area contributed by atoms with Crippen molar-refractivity contribution in [2.24, 2.45) is 22.9 Å². The third kappa shape index (κ3) is 30.6. The van der Waals surface area contributed by atoms with Crippen LogP contribution in [0.5, 0.6) is 0 Å². The number of carboxylic acid groups (broad SMARTS) is 1. The largest absolute Gasteiger partial charge is 1.00 e. The third-order valence-corrected chi connectivity index (χ3v) is 20.5. The zero-order valence-electron chi connectivity index (χ0n) is 65.8. The van der Waals surface area contributed by atoms with Crippen LogP contribution in [-0.4, -0.2) is 169 Å². The minimum atomic E-state index is -1.77. The van der Waals surface area contributed by atoms with Crippen molar-refractivity contribution >= 4 is 151 Å². The number of amides is 6. The number of nitrogens with one attached hydrogen (secondary N) is 3. The van der Waals surface area contributed by atoms with Gasteiger partial charge in [0.15, 0.2) is 48.4 Å². The van der Waals surface area contributed by atoms with Gasteiger partial charge in [-0.3, -0.25) is 82.6 Å². The first kappa shape index (κ1) is 103. The van der Waals surface area contributed by atoms with E-state index >= 15 is 0 Å². The van der Waals surface area contributed by atoms with Crippen molar-refractivity contribution in [3.63, 3.8) is 0 Å². The van der Waals surface area contributed by atoms with Gasteiger partial charge in [-0.25, -0.2) is 14.0 Å². The number of hydrogen-bond donors (Lipinski definition) is 9. The third-order valence-electron chi connectivity index (χ3n) is 15.7. The molecule has 0 aliphatic heterocycles. The summed E-state index contributed by atoms with van der Waals surface area (Å²) in [6.45, 7) is 28.3. The van der Waals surface area contributed by atoms with E-state index in [1.165, 1.54) is 65.1 Å². The number of aryl methyl sites for hydroxylation is 1. The van der Waals surface area contributed by atoms with Crippen LogP contribution < -0.4 is 63.5 Å². The van der Waals surface area contributed by atoms with Crippen LogP contribution >= 0.6 is 11.6 Å². The maximum Gasteiger partial charge on any atom is 1.00 e. The SMILES string of the molecule is CC(=O)Cn1nc(C(N)=O)c2cc(N)ccc21.CC(=O)Cn1nc(C(N)=O)c2cc(NC(=O)OC(C)(C)C)ccc21.CC(=O)Cn1nc(C(N)=O)c2cc([N+](=O)[O-])ccc21.CC(C)(C)OC(=O)Nc1ccc2c(c1)c(C(N)=O)nn2CC(=O)O.C[C@H](CO[Si](C)(C)C(C)(C)C)NCC(=O)CCc1cccc(Cl)c1F.O.O.[HH].[Li+].[OH-].[Pd]. The molecule has 0 aliphatic rings. The molecule has 1 atom stereocenters. The molecule has 0 fully saturated rings. The number of fused-ring (bicyclic) bond motifs is 4. The number of Topliss-reactive ketones (excluding diaryl/α,β-unsaturated/α-hetero) is 4. The fourth-order valence-electron chi connectivity index (χ4n) is 9.81. The molecule has 37 nitrogen and oxygen atoms in total. The number of nitro groups is 1. The summed E-state index contributed by atoms with van der Waals surface area (Å²) in [6, 6.07) is 23.4. The minimum absolute atomic E-state index is 0. The summed E-state index contributed by atoms with van der Waals surface area (Å²) in [4.78, 5) is 136. The van der Waals surface area contributed by atoms with E-state index < -0.39 is 78.6 Å². The molecule has 9 rings (SSSR count). The molecule has 0 saturated carbocycles. The average molecular weight is 1720 g/mol. The number of nitrogens with two attached hydrogens (primary N) is 5. The molecule has 9 aromatic rings. The number of ketones is 4. The van der Waals surface area contributed by atoms with Gasteiger partial charge in [0.1, 0.15) is 29.3 Å². The number of nitrogens with zero attached hydrogens (tertiary/aromatic N) is 9. The van der Waals surface area contributed by atoms with Gasteiger partial charge >= 0.3 is 37.0 Å². The molecule has 0 saturated heterocycles. The molecule has 6 amide bonds. The summed E-state index contributed by atoms with van der Waals surface area (Å²) in [6.07, 6.45) is -0.610. The Morgan fingerprint density at radius 2 is 0.965 bits per heavy atom. The van der Waals surface area contributed by atoms with Gasteiger partial charge in [0.25, 0.3) is 29.3 Å². The second-order valence-electron chi connectivity index (χ2n) is 28.5. The van der Waals surface area contributed by atoms with Crippen LogP contribution in [0.3, 0.4) is 0 Å². The predicted octanol–water partition coefficient (Wildman–Crippen LogP) is 4.98. The molecule has 0 spiro atoms. The Balaban J connectivity index is 0. The van der Waals surface area contributed by atoms with Gasteiger partial charge in [0.05, 0.1) is 58.2 Å². The number of aliphatic carboxylic acids is 1. The standard InChI is InChI=1S/C19H31ClFNO2Si.C16H20N4O4.C15H18N4O5.C11H10N4O4.C11H12N4O2.Li.3H2O.Pd.H2/c1-14(13-24-25(5,6)19(2,3)4)22-12-16(23)11-10-15-8-7-9-17(20)18(15)21;1-9(21)8-20-12-6-5-10(18-15(23)24-16(2,3)4)7-11(12)13(19-20)14(17)22;1-15(2,3)24-14(23)17-8-4-5-10-9(6-8)12(13(16)22)18-19(10)7-11(20)21;1-6(16)5-14-9-3-2-7(15(18)19)4-8(9)10(13-14)11(12)17;1-6(16)5-15-9-3-2-7(12)4-8(9)10(14-15)11(13)17;;;;;;/h7-9,14,22H,10-13H2,1-6H3;5-7H,8H2,1-4H3,(H2,17,22)(H,18,23);4-6H,7H2,1-3H3,(H2,16,22)(H,17,23)(H,20,21);2-4H,5H2,1H3,(H2,12,17);2-4H,5,12H2,1H3,(H2,13,17);;3*1H2;;1H/q;;;;;+1;;;;;/p-1/t14-;;;;;;;;;;/m1........../s1. The van der Waals surface area contributed by atoms with E-state index in [1.54, 1.807) is 102 Å². The van der Waals surface area contributed by atoms with Crippen molar-refractivity contribution in [3.05, 3.63) is 140 Å². The number of ether oxygens (including phenoxy) is 2. The summed E-state index contributed by atoms with van der Waals surface area (Å²) >= 11 is 5.75. The molecular formula is C72H98ClFLiN17O20PdSi. The Hall–Kier alpha value is -10.8. The van der Waals surface area contributed by atoms with E-state index in [9.17, 15) is 67.2 Å². The number of halogens is 2. The molecule has 42 heteroatoms. The number of rotatable bonds is 24. The normalized spacial score (nSPS) is 11.1. The number of nitrogen functional groups attached to an aromatic ring is 1. The summed E-state index contributed by atoms with van der Waals surface area (Å²) in [7, 11) is -1.77. The van der Waals surface area contributed by atoms with E-state index in [0.717, 1.165) is 4.68 Å². The van der Waals surface area contributed by atoms with Crippen LogP contribution in [-0.2, 0) is 90.9 Å². The van der Waals surface area contributed by atoms with Crippen molar-refractivity contribution in [1.82, 2.24) is 44.4 Å². The summed E-state index contributed by atoms with van der Waals surface area (Å²) < 4.78 is 35.6. The van der Waals surface area contributed by atoms with Crippen LogP contribution in [0.2, 0.25) is 23.2 Å². The Morgan fingerprint density at radius 3 is 1.32 bits per heavy atom. The van der Waals surface area contributed by atoms with Gasteiger partial charge in [-0.15, -0.1) is 0 Å². The van der Waals surface area contributed by atoms with Gasteiger partial charge in [-0.1, -0.05) is 44.5 Å². The average Bonchev–Trinajstić information content (AvgIpc) is 1.66. The molecule has 114 heavy (non-hydrogen) atoms. The summed E-state index contributed by atoms with van der Waals surface area (Å²) in [5.41, 5.74) is 29.2. The van der Waals surface area contributed by atoms with Crippen LogP contribution in [0.15, 0.2) is 91.0 Å². The van der Waals surface area contributed by atoms with Gasteiger partial charge in [-0.05, 0) is 166 Å². The van der Waals surface area contributed by atoms with Crippen molar-refractivity contribution in [3.8, 4) is 0 Å². The molecule has 19 N–H and O–H groups in total. The van der Waals surface area contributed by atoms with Crippen molar-refractivity contribution in [2.75, 3.05) is 29.5 Å². The molecule has 0 aliphatic carbocycles. The Bertz CT molecular complexity index is 4860. The fourth-order valence-corrected chi connectivity index (χ4v) is 11.1. The number of carboxylic acids is 1. The van der Waals surface area contributed by atoms with Crippen LogP contribution in [0.4, 0.5) is 36.7 Å². The first-order chi connectivity index (χ1) is 50.4. The number of benzene rings is 5. The molecule has 0 unspecified atom stereocenters. The van der Waals surface area contributed by atoms with Gasteiger partial charge in [0, 0.05) is 91.7 Å². The van der Waals surface area contributed by atoms with E-state index in [1.807, 2.05) is 6.92 Å². The minimum Gasteiger partial charge on any atom is -0.870 e. The maximum atomic E-state index is 13.8. The van der Waals surface area contributed by atoms with Gasteiger partial charge in [-0.2, -0.15) is 20.4 Å². The molecule has 4 aromatic heterocycles. The van der Waals surface area contributed by atoms with Crippen LogP contribution in [0, 0.1) is 15.9 Å². The predicted molar refractivity (Wildman–Crippen MR) is 420 cm³/mol. The number of anilines is 3. The summed E-state index contributed by atoms with van der Waals surface area (Å²) in [5, 5.41) is 45.8. The molecule has 0 bridgehead atoms. The number of aromatic nitrogens is 8. The van der Waals surface area contributed by atoms with E-state index in [2.05, 4.69) is 70.2 Å². The van der Waals surface area contributed by atoms with E-state index in [4.69, 9.17) is 59.3 Å². The molecular weight excluding hydrogens is 1620 g/mol. The Kier molecular flexibility index (Phi) is 39.9. The first-order valence-electron chi connectivity index (χ1n) is 33.6. The smallest absolute Gasteiger partial charge is 0.870 e. The van der Waals surface area contributed by atoms with Crippen molar-refractivity contribution in [1.29, 1.82) is 0 Å². The number of non-ortho nitro benzene ring substituents is 1. The topological polar surface area (TPSA) is 609 Å². The second-order valence-corrected chi connectivity index (χ2v) is 33.8. The van der Waals surface area contributed by atoms with Crippen LogP contribution in [0.1, 0.15) is 145 Å².